The maximum Gasteiger partial charge on any atom is 0.319 e. The molecule has 1 atom stereocenters. The third-order valence-corrected chi connectivity index (χ3v) is 6.50. The number of carbonyl (C=O) groups is 3. The van der Waals surface area contributed by atoms with Crippen LogP contribution >= 0.6 is 0 Å². The lowest BCUT2D eigenvalue weighted by molar-refractivity contribution is -0.137. The Kier molecular flexibility index (Phi) is 7.08. The molecule has 0 radical (unpaired) electrons. The monoisotopic (exact) mass is 429 g/mol. The molecule has 0 aromatic heterocycles. The molecule has 170 valence electrons. The van der Waals surface area contributed by atoms with Crippen LogP contribution in [0.4, 0.5) is 10.5 Å². The van der Waals surface area contributed by atoms with Crippen molar-refractivity contribution >= 4 is 23.5 Å². The van der Waals surface area contributed by atoms with Gasteiger partial charge >= 0.3 is 6.03 Å². The second kappa shape index (κ2) is 9.58. The predicted molar refractivity (Wildman–Crippen MR) is 121 cm³/mol. The minimum absolute atomic E-state index is 0.0213. The minimum atomic E-state index is -0.721. The molecule has 2 aliphatic heterocycles. The first-order valence-electron chi connectivity index (χ1n) is 11.1. The van der Waals surface area contributed by atoms with Crippen LogP contribution < -0.4 is 10.2 Å². The van der Waals surface area contributed by atoms with E-state index >= 15 is 0 Å². The van der Waals surface area contributed by atoms with Gasteiger partial charge in [0.1, 0.15) is 12.1 Å². The van der Waals surface area contributed by atoms with Gasteiger partial charge in [-0.3, -0.25) is 9.59 Å². The Morgan fingerprint density at radius 3 is 2.39 bits per heavy atom. The highest BCUT2D eigenvalue weighted by Crippen LogP contribution is 2.39. The molecule has 3 rings (SSSR count). The molecule has 0 aliphatic carbocycles. The van der Waals surface area contributed by atoms with Crippen molar-refractivity contribution < 1.29 is 14.4 Å². The summed E-state index contributed by atoms with van der Waals surface area (Å²) in [5.74, 6) is 0.259. The maximum atomic E-state index is 13.6. The molecule has 8 heteroatoms. The van der Waals surface area contributed by atoms with Gasteiger partial charge in [0, 0.05) is 39.4 Å². The molecule has 1 N–H and O–H groups in total. The van der Waals surface area contributed by atoms with Crippen molar-refractivity contribution in [1.82, 2.24) is 20.0 Å². The molecule has 2 heterocycles. The van der Waals surface area contributed by atoms with Gasteiger partial charge in [-0.25, -0.2) is 4.79 Å². The van der Waals surface area contributed by atoms with Gasteiger partial charge in [0.25, 0.3) is 5.91 Å². The van der Waals surface area contributed by atoms with Crippen molar-refractivity contribution in [3.8, 4) is 0 Å². The number of anilines is 1. The average Bonchev–Trinajstić information content (AvgIpc) is 3.04. The molecular formula is C23H35N5O3. The Hall–Kier alpha value is -2.77. The van der Waals surface area contributed by atoms with Crippen LogP contribution in [-0.4, -0.2) is 85.0 Å². The number of nitrogens with one attached hydrogen (secondary N) is 1. The predicted octanol–water partition coefficient (Wildman–Crippen LogP) is 1.97. The zero-order valence-corrected chi connectivity index (χ0v) is 19.1. The Morgan fingerprint density at radius 2 is 1.81 bits per heavy atom. The summed E-state index contributed by atoms with van der Waals surface area (Å²) in [5, 5.41) is 2.95. The lowest BCUT2D eigenvalue weighted by atomic mass is 9.85. The van der Waals surface area contributed by atoms with E-state index in [1.54, 1.807) is 28.8 Å². The van der Waals surface area contributed by atoms with Crippen molar-refractivity contribution in [2.75, 3.05) is 51.8 Å². The Morgan fingerprint density at radius 1 is 1.16 bits per heavy atom. The SMILES string of the molecule is CC[C@@H](C)CNC(=O)CN1CN(c2ccccc2)C2(CCN(C(=O)N(C)C)CC2)C1=O. The summed E-state index contributed by atoms with van der Waals surface area (Å²) in [4.78, 5) is 45.6. The molecule has 0 unspecified atom stereocenters. The van der Waals surface area contributed by atoms with Gasteiger partial charge in [-0.15, -0.1) is 0 Å². The molecule has 2 aliphatic rings. The quantitative estimate of drug-likeness (QED) is 0.750. The molecule has 1 spiro atoms. The summed E-state index contributed by atoms with van der Waals surface area (Å²) >= 11 is 0. The van der Waals surface area contributed by atoms with E-state index in [0.717, 1.165) is 12.1 Å². The molecule has 8 nitrogen and oxygen atoms in total. The number of para-hydroxylation sites is 1. The number of hydrogen-bond acceptors (Lipinski definition) is 4. The van der Waals surface area contributed by atoms with Crippen molar-refractivity contribution in [3.05, 3.63) is 30.3 Å². The minimum Gasteiger partial charge on any atom is -0.354 e. The molecule has 1 aromatic rings. The molecule has 4 amide bonds. The smallest absolute Gasteiger partial charge is 0.319 e. The van der Waals surface area contributed by atoms with E-state index in [2.05, 4.69) is 24.1 Å². The first-order chi connectivity index (χ1) is 14.8. The summed E-state index contributed by atoms with van der Waals surface area (Å²) < 4.78 is 0. The second-order valence-electron chi connectivity index (χ2n) is 8.92. The Bertz CT molecular complexity index is 790. The number of benzene rings is 1. The molecule has 0 bridgehead atoms. The van der Waals surface area contributed by atoms with Crippen molar-refractivity contribution in [2.24, 2.45) is 5.92 Å². The number of rotatable bonds is 6. The van der Waals surface area contributed by atoms with E-state index in [-0.39, 0.29) is 24.4 Å². The van der Waals surface area contributed by atoms with Crippen LogP contribution in [0.2, 0.25) is 0 Å². The van der Waals surface area contributed by atoms with E-state index in [1.807, 2.05) is 30.3 Å². The van der Waals surface area contributed by atoms with Crippen LogP contribution in [-0.2, 0) is 9.59 Å². The van der Waals surface area contributed by atoms with Crippen LogP contribution in [0, 0.1) is 5.92 Å². The molecule has 2 fully saturated rings. The van der Waals surface area contributed by atoms with Gasteiger partial charge < -0.3 is 24.9 Å². The third kappa shape index (κ3) is 4.78. The van der Waals surface area contributed by atoms with Crippen molar-refractivity contribution in [2.45, 2.75) is 38.6 Å². The van der Waals surface area contributed by atoms with Gasteiger partial charge in [0.2, 0.25) is 5.91 Å². The lowest BCUT2D eigenvalue weighted by Gasteiger charge is -2.43. The highest BCUT2D eigenvalue weighted by atomic mass is 16.2. The number of urea groups is 1. The standard InChI is InChI=1S/C23H35N5O3/c1-5-18(2)15-24-20(29)16-27-17-28(19-9-7-6-8-10-19)23(21(27)30)11-13-26(14-12-23)22(31)25(3)4/h6-10,18H,5,11-17H2,1-4H3,(H,24,29)/t18-/m1/s1. The normalized spacial score (nSPS) is 19.0. The van der Waals surface area contributed by atoms with E-state index < -0.39 is 5.54 Å². The first-order valence-corrected chi connectivity index (χ1v) is 11.1. The fourth-order valence-corrected chi connectivity index (χ4v) is 4.33. The molecule has 0 saturated carbocycles. The van der Waals surface area contributed by atoms with Crippen molar-refractivity contribution in [3.63, 3.8) is 0 Å². The van der Waals surface area contributed by atoms with E-state index in [1.165, 1.54) is 0 Å². The zero-order valence-electron chi connectivity index (χ0n) is 19.1. The maximum absolute atomic E-state index is 13.6. The van der Waals surface area contributed by atoms with E-state index in [0.29, 0.717) is 45.1 Å². The van der Waals surface area contributed by atoms with Gasteiger partial charge in [-0.2, -0.15) is 0 Å². The fraction of sp³-hybridized carbons (Fsp3) is 0.609. The number of hydrogen-bond donors (Lipinski definition) is 1. The summed E-state index contributed by atoms with van der Waals surface area (Å²) in [6.45, 7) is 6.26. The van der Waals surface area contributed by atoms with Crippen LogP contribution in [0.3, 0.4) is 0 Å². The molecule has 31 heavy (non-hydrogen) atoms. The number of amides is 4. The highest BCUT2D eigenvalue weighted by Gasteiger charge is 2.54. The average molecular weight is 430 g/mol. The molecular weight excluding hydrogens is 394 g/mol. The third-order valence-electron chi connectivity index (χ3n) is 6.50. The van der Waals surface area contributed by atoms with Gasteiger partial charge in [0.05, 0.1) is 6.67 Å². The Labute approximate surface area is 185 Å². The van der Waals surface area contributed by atoms with Crippen molar-refractivity contribution in [1.29, 1.82) is 0 Å². The summed E-state index contributed by atoms with van der Waals surface area (Å²) in [6, 6.07) is 9.83. The highest BCUT2D eigenvalue weighted by molar-refractivity contribution is 5.96. The van der Waals surface area contributed by atoms with Gasteiger partial charge in [-0.05, 0) is 30.9 Å². The topological polar surface area (TPSA) is 76.2 Å². The van der Waals surface area contributed by atoms with Crippen LogP contribution in [0.5, 0.6) is 0 Å². The van der Waals surface area contributed by atoms with Crippen LogP contribution in [0.15, 0.2) is 30.3 Å². The summed E-state index contributed by atoms with van der Waals surface area (Å²) in [6.07, 6.45) is 2.09. The molecule has 1 aromatic carbocycles. The number of piperidine rings is 1. The van der Waals surface area contributed by atoms with Crippen LogP contribution in [0.25, 0.3) is 0 Å². The summed E-state index contributed by atoms with van der Waals surface area (Å²) in [7, 11) is 3.48. The number of carbonyl (C=O) groups excluding carboxylic acids is 3. The Balaban J connectivity index is 1.77. The van der Waals surface area contributed by atoms with E-state index in [9.17, 15) is 14.4 Å². The fourth-order valence-electron chi connectivity index (χ4n) is 4.33. The first kappa shape index (κ1) is 22.9. The summed E-state index contributed by atoms with van der Waals surface area (Å²) in [5.41, 5.74) is 0.243. The van der Waals surface area contributed by atoms with Crippen LogP contribution in [0.1, 0.15) is 33.1 Å². The van der Waals surface area contributed by atoms with Gasteiger partial charge in [0.15, 0.2) is 0 Å². The zero-order chi connectivity index (χ0) is 22.6. The second-order valence-corrected chi connectivity index (χ2v) is 8.92. The molecule has 2 saturated heterocycles. The lowest BCUT2D eigenvalue weighted by Crippen LogP contribution is -2.58. The largest absolute Gasteiger partial charge is 0.354 e. The number of likely N-dealkylation sites (tertiary alicyclic amines) is 1. The van der Waals surface area contributed by atoms with Gasteiger partial charge in [-0.1, -0.05) is 38.5 Å². The van der Waals surface area contributed by atoms with E-state index in [4.69, 9.17) is 0 Å². The number of nitrogens with zero attached hydrogens (tertiary/aromatic N) is 4.